The summed E-state index contributed by atoms with van der Waals surface area (Å²) in [4.78, 5) is 29.8. The third-order valence-corrected chi connectivity index (χ3v) is 6.35. The van der Waals surface area contributed by atoms with Crippen molar-refractivity contribution < 1.29 is 14.7 Å². The summed E-state index contributed by atoms with van der Waals surface area (Å²) in [6.45, 7) is 0.835. The number of nitrogens with zero attached hydrogens (tertiary/aromatic N) is 2. The number of aliphatic carboxylic acids is 1. The lowest BCUT2D eigenvalue weighted by atomic mass is 10.1. The molecule has 0 fully saturated rings. The highest BCUT2D eigenvalue weighted by Gasteiger charge is 2.15. The number of nitrogens with one attached hydrogen (secondary N) is 1. The van der Waals surface area contributed by atoms with Crippen LogP contribution in [-0.2, 0) is 17.9 Å². The minimum absolute atomic E-state index is 0.412. The lowest BCUT2D eigenvalue weighted by Gasteiger charge is -2.22. The average Bonchev–Trinajstić information content (AvgIpc) is 3.33. The first-order valence-electron chi connectivity index (χ1n) is 10.6. The molecule has 0 atom stereocenters. The highest BCUT2D eigenvalue weighted by Crippen LogP contribution is 2.33. The SMILES string of the molecule is O=C(O)CNC(=O)c1ccc(CN(Cc2ccccc2)c2nc(-c3ccccc3Cl)cs2)cc1. The van der Waals surface area contributed by atoms with Gasteiger partial charge in [-0.15, -0.1) is 11.3 Å². The molecule has 4 aromatic rings. The predicted molar refractivity (Wildman–Crippen MR) is 135 cm³/mol. The van der Waals surface area contributed by atoms with Gasteiger partial charge in [0, 0.05) is 34.6 Å². The number of halogens is 1. The second kappa shape index (κ2) is 11.0. The Kier molecular flexibility index (Phi) is 7.57. The molecule has 0 aliphatic carbocycles. The second-order valence-electron chi connectivity index (χ2n) is 7.61. The monoisotopic (exact) mass is 491 g/mol. The van der Waals surface area contributed by atoms with Crippen LogP contribution in [0.25, 0.3) is 11.3 Å². The first-order valence-corrected chi connectivity index (χ1v) is 11.8. The highest BCUT2D eigenvalue weighted by molar-refractivity contribution is 7.14. The fourth-order valence-corrected chi connectivity index (χ4v) is 4.50. The van der Waals surface area contributed by atoms with Crippen LogP contribution in [0.4, 0.5) is 5.13 Å². The van der Waals surface area contributed by atoms with Crippen molar-refractivity contribution in [1.29, 1.82) is 0 Å². The topological polar surface area (TPSA) is 82.5 Å². The quantitative estimate of drug-likeness (QED) is 0.324. The van der Waals surface area contributed by atoms with Crippen molar-refractivity contribution in [3.8, 4) is 11.3 Å². The molecule has 172 valence electrons. The molecule has 34 heavy (non-hydrogen) atoms. The summed E-state index contributed by atoms with van der Waals surface area (Å²) in [7, 11) is 0. The molecule has 1 amide bonds. The van der Waals surface area contributed by atoms with Crippen molar-refractivity contribution in [2.24, 2.45) is 0 Å². The lowest BCUT2D eigenvalue weighted by Crippen LogP contribution is -2.29. The normalized spacial score (nSPS) is 10.6. The molecule has 0 spiro atoms. The van der Waals surface area contributed by atoms with Crippen molar-refractivity contribution in [2.75, 3.05) is 11.4 Å². The Morgan fingerprint density at radius 3 is 2.24 bits per heavy atom. The number of thiazole rings is 1. The molecule has 0 saturated heterocycles. The highest BCUT2D eigenvalue weighted by atomic mass is 35.5. The molecule has 2 N–H and O–H groups in total. The Morgan fingerprint density at radius 2 is 1.56 bits per heavy atom. The standard InChI is InChI=1S/C26H22ClN3O3S/c27-22-9-5-4-8-21(22)23-17-34-26(29-23)30(15-18-6-2-1-3-7-18)16-19-10-12-20(13-11-19)25(33)28-14-24(31)32/h1-13,17H,14-16H2,(H,28,33)(H,31,32). The van der Waals surface area contributed by atoms with Gasteiger partial charge in [-0.3, -0.25) is 9.59 Å². The van der Waals surface area contributed by atoms with Crippen molar-refractivity contribution in [2.45, 2.75) is 13.1 Å². The Bertz CT molecular complexity index is 1280. The van der Waals surface area contributed by atoms with Gasteiger partial charge in [-0.25, -0.2) is 4.98 Å². The number of aromatic nitrogens is 1. The van der Waals surface area contributed by atoms with Gasteiger partial charge >= 0.3 is 5.97 Å². The summed E-state index contributed by atoms with van der Waals surface area (Å²) >= 11 is 7.93. The van der Waals surface area contributed by atoms with Gasteiger partial charge in [-0.05, 0) is 29.3 Å². The number of carbonyl (C=O) groups excluding carboxylic acids is 1. The van der Waals surface area contributed by atoms with E-state index >= 15 is 0 Å². The van der Waals surface area contributed by atoms with Gasteiger partial charge in [0.15, 0.2) is 5.13 Å². The minimum Gasteiger partial charge on any atom is -0.480 e. The molecule has 0 bridgehead atoms. The fraction of sp³-hybridized carbons (Fsp3) is 0.115. The zero-order chi connectivity index (χ0) is 23.9. The molecule has 0 radical (unpaired) electrons. The average molecular weight is 492 g/mol. The van der Waals surface area contributed by atoms with E-state index in [0.717, 1.165) is 27.5 Å². The summed E-state index contributed by atoms with van der Waals surface area (Å²) in [5, 5.41) is 14.6. The third-order valence-electron chi connectivity index (χ3n) is 5.12. The minimum atomic E-state index is -1.08. The van der Waals surface area contributed by atoms with E-state index in [1.807, 2.05) is 60.0 Å². The fourth-order valence-electron chi connectivity index (χ4n) is 3.44. The van der Waals surface area contributed by atoms with Crippen LogP contribution < -0.4 is 10.2 Å². The number of hydrogen-bond donors (Lipinski definition) is 2. The van der Waals surface area contributed by atoms with Crippen LogP contribution in [0.5, 0.6) is 0 Å². The van der Waals surface area contributed by atoms with E-state index in [0.29, 0.717) is 23.7 Å². The summed E-state index contributed by atoms with van der Waals surface area (Å²) in [5.74, 6) is -1.50. The number of hydrogen-bond acceptors (Lipinski definition) is 5. The summed E-state index contributed by atoms with van der Waals surface area (Å²) in [6.07, 6.45) is 0. The molecule has 1 heterocycles. The molecule has 1 aromatic heterocycles. The zero-order valence-corrected chi connectivity index (χ0v) is 19.7. The number of rotatable bonds is 9. The van der Waals surface area contributed by atoms with Crippen molar-refractivity contribution in [3.05, 3.63) is 106 Å². The number of carboxylic acids is 1. The van der Waals surface area contributed by atoms with Crippen LogP contribution in [0.1, 0.15) is 21.5 Å². The summed E-state index contributed by atoms with van der Waals surface area (Å²) in [5.41, 5.74) is 4.29. The number of carboxylic acid groups (broad SMARTS) is 1. The summed E-state index contributed by atoms with van der Waals surface area (Å²) in [6, 6.07) is 24.9. The Hall–Kier alpha value is -3.68. The van der Waals surface area contributed by atoms with Crippen LogP contribution in [0.2, 0.25) is 5.02 Å². The summed E-state index contributed by atoms with van der Waals surface area (Å²) < 4.78 is 0. The molecular weight excluding hydrogens is 470 g/mol. The molecule has 6 nitrogen and oxygen atoms in total. The van der Waals surface area contributed by atoms with E-state index in [1.165, 1.54) is 0 Å². The van der Waals surface area contributed by atoms with Gasteiger partial charge in [0.1, 0.15) is 6.54 Å². The first-order chi connectivity index (χ1) is 16.5. The molecule has 3 aromatic carbocycles. The molecule has 4 rings (SSSR count). The van der Waals surface area contributed by atoms with E-state index < -0.39 is 18.4 Å². The van der Waals surface area contributed by atoms with E-state index in [-0.39, 0.29) is 0 Å². The maximum absolute atomic E-state index is 12.1. The van der Waals surface area contributed by atoms with Gasteiger partial charge in [0.25, 0.3) is 5.91 Å². The molecule has 8 heteroatoms. The Labute approximate surface area is 206 Å². The van der Waals surface area contributed by atoms with E-state index in [9.17, 15) is 9.59 Å². The zero-order valence-electron chi connectivity index (χ0n) is 18.1. The van der Waals surface area contributed by atoms with Gasteiger partial charge in [0.2, 0.25) is 0 Å². The lowest BCUT2D eigenvalue weighted by molar-refractivity contribution is -0.135. The van der Waals surface area contributed by atoms with Gasteiger partial charge in [-0.1, -0.05) is 72.3 Å². The Balaban J connectivity index is 1.56. The van der Waals surface area contributed by atoms with Gasteiger partial charge < -0.3 is 15.3 Å². The van der Waals surface area contributed by atoms with Crippen LogP contribution in [0.15, 0.2) is 84.2 Å². The number of amides is 1. The number of carbonyl (C=O) groups is 2. The van der Waals surface area contributed by atoms with Crippen LogP contribution in [0, 0.1) is 0 Å². The molecule has 0 unspecified atom stereocenters. The number of anilines is 1. The van der Waals surface area contributed by atoms with Crippen molar-refractivity contribution in [3.63, 3.8) is 0 Å². The van der Waals surface area contributed by atoms with E-state index in [1.54, 1.807) is 23.5 Å². The van der Waals surface area contributed by atoms with Crippen LogP contribution in [0.3, 0.4) is 0 Å². The third kappa shape index (κ3) is 6.01. The van der Waals surface area contributed by atoms with E-state index in [2.05, 4.69) is 22.3 Å². The first kappa shape index (κ1) is 23.5. The van der Waals surface area contributed by atoms with Gasteiger partial charge in [0.05, 0.1) is 5.69 Å². The second-order valence-corrected chi connectivity index (χ2v) is 8.85. The smallest absolute Gasteiger partial charge is 0.322 e. The number of benzene rings is 3. The van der Waals surface area contributed by atoms with Crippen molar-refractivity contribution in [1.82, 2.24) is 10.3 Å². The van der Waals surface area contributed by atoms with E-state index in [4.69, 9.17) is 21.7 Å². The Morgan fingerprint density at radius 1 is 0.912 bits per heavy atom. The molecule has 0 saturated carbocycles. The van der Waals surface area contributed by atoms with Gasteiger partial charge in [-0.2, -0.15) is 0 Å². The maximum atomic E-state index is 12.1. The van der Waals surface area contributed by atoms with Crippen LogP contribution in [-0.4, -0.2) is 28.5 Å². The molecular formula is C26H22ClN3O3S. The maximum Gasteiger partial charge on any atom is 0.322 e. The molecule has 0 aliphatic heterocycles. The largest absolute Gasteiger partial charge is 0.480 e. The predicted octanol–water partition coefficient (Wildman–Crippen LogP) is 5.48. The molecule has 0 aliphatic rings. The van der Waals surface area contributed by atoms with Crippen LogP contribution >= 0.6 is 22.9 Å². The van der Waals surface area contributed by atoms with Crippen molar-refractivity contribution >= 4 is 39.9 Å².